The fourth-order valence-electron chi connectivity index (χ4n) is 2.00. The van der Waals surface area contributed by atoms with Gasteiger partial charge in [0.15, 0.2) is 0 Å². The number of ether oxygens (including phenoxy) is 1. The lowest BCUT2D eigenvalue weighted by molar-refractivity contribution is -0.0498. The van der Waals surface area contributed by atoms with Crippen molar-refractivity contribution >= 4 is 17.5 Å². The molecule has 0 unspecified atom stereocenters. The van der Waals surface area contributed by atoms with Crippen LogP contribution in [-0.4, -0.2) is 32.5 Å². The first-order chi connectivity index (χ1) is 11.9. The molecule has 0 fully saturated rings. The van der Waals surface area contributed by atoms with Crippen molar-refractivity contribution < 1.29 is 23.1 Å². The Morgan fingerprint density at radius 1 is 0.960 bits per heavy atom. The highest BCUT2D eigenvalue weighted by atomic mass is 19.3. The van der Waals surface area contributed by atoms with Gasteiger partial charge >= 0.3 is 6.61 Å². The van der Waals surface area contributed by atoms with Gasteiger partial charge in [-0.05, 0) is 36.4 Å². The maximum absolute atomic E-state index is 12.2. The molecule has 2 rings (SSSR count). The molecule has 25 heavy (non-hydrogen) atoms. The molecule has 0 heterocycles. The normalized spacial score (nSPS) is 10.3. The Morgan fingerprint density at radius 3 is 2.08 bits per heavy atom. The maximum Gasteiger partial charge on any atom is 0.387 e. The van der Waals surface area contributed by atoms with E-state index in [0.717, 1.165) is 11.8 Å². The molecule has 0 saturated carbocycles. The molecular formula is C17H17F2N3O3. The quantitative estimate of drug-likeness (QED) is 0.814. The van der Waals surface area contributed by atoms with Gasteiger partial charge < -0.3 is 9.64 Å². The molecule has 132 valence electrons. The van der Waals surface area contributed by atoms with Crippen LogP contribution in [0.3, 0.4) is 0 Å². The molecule has 8 heteroatoms. The van der Waals surface area contributed by atoms with Crippen LogP contribution >= 0.6 is 0 Å². The number of halogens is 2. The summed E-state index contributed by atoms with van der Waals surface area (Å²) in [6.07, 6.45) is 0. The highest BCUT2D eigenvalue weighted by Gasteiger charge is 2.12. The van der Waals surface area contributed by atoms with Crippen LogP contribution in [0.4, 0.5) is 14.5 Å². The number of nitrogens with one attached hydrogen (secondary N) is 2. The number of hydrazine groups is 1. The van der Waals surface area contributed by atoms with E-state index in [1.54, 1.807) is 18.2 Å². The molecule has 0 saturated heterocycles. The minimum atomic E-state index is -2.98. The number of alkyl halides is 2. The first-order valence-corrected chi connectivity index (χ1v) is 7.30. The molecule has 2 aromatic rings. The van der Waals surface area contributed by atoms with Gasteiger partial charge in [0, 0.05) is 30.9 Å². The summed E-state index contributed by atoms with van der Waals surface area (Å²) in [5.41, 5.74) is 5.77. The molecule has 0 aliphatic rings. The summed E-state index contributed by atoms with van der Waals surface area (Å²) >= 11 is 0. The topological polar surface area (TPSA) is 70.7 Å². The Hall–Kier alpha value is -3.16. The number of amides is 2. The second-order valence-corrected chi connectivity index (χ2v) is 5.26. The molecule has 0 radical (unpaired) electrons. The molecule has 0 aliphatic heterocycles. The zero-order chi connectivity index (χ0) is 18.4. The second-order valence-electron chi connectivity index (χ2n) is 5.26. The summed E-state index contributed by atoms with van der Waals surface area (Å²) in [5, 5.41) is 0. The molecule has 0 aliphatic carbocycles. The van der Waals surface area contributed by atoms with Gasteiger partial charge in [0.05, 0.1) is 0 Å². The van der Waals surface area contributed by atoms with Crippen molar-refractivity contribution in [2.45, 2.75) is 6.61 Å². The van der Waals surface area contributed by atoms with Crippen LogP contribution in [-0.2, 0) is 0 Å². The van der Waals surface area contributed by atoms with E-state index in [9.17, 15) is 18.4 Å². The summed E-state index contributed by atoms with van der Waals surface area (Å²) in [4.78, 5) is 26.0. The molecule has 0 aromatic heterocycles. The number of carbonyl (C=O) groups excluding carboxylic acids is 2. The predicted molar refractivity (Wildman–Crippen MR) is 88.8 cm³/mol. The molecular weight excluding hydrogens is 332 g/mol. The Balaban J connectivity index is 2.00. The third-order valence-corrected chi connectivity index (χ3v) is 3.24. The van der Waals surface area contributed by atoms with E-state index in [4.69, 9.17) is 0 Å². The lowest BCUT2D eigenvalue weighted by Gasteiger charge is -2.14. The lowest BCUT2D eigenvalue weighted by Crippen LogP contribution is -2.41. The summed E-state index contributed by atoms with van der Waals surface area (Å²) in [6, 6.07) is 12.1. The second kappa shape index (κ2) is 8.09. The van der Waals surface area contributed by atoms with Gasteiger partial charge in [0.2, 0.25) is 0 Å². The molecule has 0 spiro atoms. The van der Waals surface area contributed by atoms with Crippen LogP contribution in [0.5, 0.6) is 5.75 Å². The lowest BCUT2D eigenvalue weighted by atomic mass is 10.2. The van der Waals surface area contributed by atoms with Crippen LogP contribution in [0.15, 0.2) is 48.5 Å². The van der Waals surface area contributed by atoms with Gasteiger partial charge in [-0.3, -0.25) is 20.4 Å². The molecule has 2 aromatic carbocycles. The molecule has 0 bridgehead atoms. The highest BCUT2D eigenvalue weighted by Crippen LogP contribution is 2.16. The van der Waals surface area contributed by atoms with Crippen LogP contribution in [0.25, 0.3) is 0 Å². The van der Waals surface area contributed by atoms with Crippen molar-refractivity contribution in [2.75, 3.05) is 19.0 Å². The summed E-state index contributed by atoms with van der Waals surface area (Å²) in [7, 11) is 3.68. The van der Waals surface area contributed by atoms with Crippen LogP contribution in [0.2, 0.25) is 0 Å². The number of benzene rings is 2. The Kier molecular flexibility index (Phi) is 5.89. The standard InChI is InChI=1S/C17H17F2N3O3/c1-22(2)13-7-3-5-11(9-13)15(23)20-21-16(24)12-6-4-8-14(10-12)25-17(18)19/h3-10,17H,1-2H3,(H,20,23)(H,21,24). The fraction of sp³-hybridized carbons (Fsp3) is 0.176. The van der Waals surface area contributed by atoms with E-state index in [1.807, 2.05) is 25.1 Å². The summed E-state index contributed by atoms with van der Waals surface area (Å²) in [6.45, 7) is -2.98. The predicted octanol–water partition coefficient (Wildman–Crippen LogP) is 2.43. The Labute approximate surface area is 143 Å². The average Bonchev–Trinajstić information content (AvgIpc) is 2.59. The Morgan fingerprint density at radius 2 is 1.52 bits per heavy atom. The minimum absolute atomic E-state index is 0.0699. The molecule has 2 N–H and O–H groups in total. The monoisotopic (exact) mass is 349 g/mol. The fourth-order valence-corrected chi connectivity index (χ4v) is 2.00. The number of hydrogen-bond acceptors (Lipinski definition) is 4. The third kappa shape index (κ3) is 5.17. The first-order valence-electron chi connectivity index (χ1n) is 7.30. The van der Waals surface area contributed by atoms with Crippen LogP contribution in [0.1, 0.15) is 20.7 Å². The van der Waals surface area contributed by atoms with Crippen molar-refractivity contribution in [3.05, 3.63) is 59.7 Å². The zero-order valence-electron chi connectivity index (χ0n) is 13.6. The first kappa shape index (κ1) is 18.2. The maximum atomic E-state index is 12.2. The molecule has 2 amide bonds. The highest BCUT2D eigenvalue weighted by molar-refractivity contribution is 5.99. The van der Waals surface area contributed by atoms with Gasteiger partial charge in [-0.1, -0.05) is 12.1 Å². The smallest absolute Gasteiger partial charge is 0.387 e. The van der Waals surface area contributed by atoms with Gasteiger partial charge in [-0.15, -0.1) is 0 Å². The van der Waals surface area contributed by atoms with E-state index in [1.165, 1.54) is 18.2 Å². The van der Waals surface area contributed by atoms with E-state index in [-0.39, 0.29) is 11.3 Å². The van der Waals surface area contributed by atoms with Gasteiger partial charge in [-0.25, -0.2) is 0 Å². The van der Waals surface area contributed by atoms with Crippen molar-refractivity contribution in [1.29, 1.82) is 0 Å². The Bertz CT molecular complexity index is 766. The number of carbonyl (C=O) groups is 2. The number of hydrogen-bond donors (Lipinski definition) is 2. The van der Waals surface area contributed by atoms with E-state index in [0.29, 0.717) is 5.56 Å². The van der Waals surface area contributed by atoms with Gasteiger partial charge in [0.25, 0.3) is 11.8 Å². The van der Waals surface area contributed by atoms with Gasteiger partial charge in [0.1, 0.15) is 5.75 Å². The summed E-state index contributed by atoms with van der Waals surface area (Å²) in [5.74, 6) is -1.30. The SMILES string of the molecule is CN(C)c1cccc(C(=O)NNC(=O)c2cccc(OC(F)F)c2)c1. The third-order valence-electron chi connectivity index (χ3n) is 3.24. The minimum Gasteiger partial charge on any atom is -0.435 e. The van der Waals surface area contributed by atoms with Crippen molar-refractivity contribution in [3.63, 3.8) is 0 Å². The van der Waals surface area contributed by atoms with E-state index in [2.05, 4.69) is 15.6 Å². The molecule has 6 nitrogen and oxygen atoms in total. The van der Waals surface area contributed by atoms with Crippen LogP contribution in [0, 0.1) is 0 Å². The summed E-state index contributed by atoms with van der Waals surface area (Å²) < 4.78 is 28.6. The van der Waals surface area contributed by atoms with Crippen molar-refractivity contribution in [2.24, 2.45) is 0 Å². The number of rotatable bonds is 5. The van der Waals surface area contributed by atoms with Crippen molar-refractivity contribution in [1.82, 2.24) is 10.9 Å². The van der Waals surface area contributed by atoms with E-state index < -0.39 is 18.4 Å². The molecule has 0 atom stereocenters. The van der Waals surface area contributed by atoms with Crippen molar-refractivity contribution in [3.8, 4) is 5.75 Å². The average molecular weight is 349 g/mol. The number of anilines is 1. The zero-order valence-corrected chi connectivity index (χ0v) is 13.6. The largest absolute Gasteiger partial charge is 0.435 e. The van der Waals surface area contributed by atoms with E-state index >= 15 is 0 Å². The van der Waals surface area contributed by atoms with Crippen LogP contribution < -0.4 is 20.5 Å². The van der Waals surface area contributed by atoms with Gasteiger partial charge in [-0.2, -0.15) is 8.78 Å². The number of nitrogens with zero attached hydrogens (tertiary/aromatic N) is 1.